The second-order valence-electron chi connectivity index (χ2n) is 6.97. The Labute approximate surface area is 122 Å². The highest BCUT2D eigenvalue weighted by atomic mass is 15.0. The van der Waals surface area contributed by atoms with Crippen molar-refractivity contribution < 1.29 is 0 Å². The monoisotopic (exact) mass is 267 g/mol. The van der Waals surface area contributed by atoms with Crippen LogP contribution in [0.25, 0.3) is 0 Å². The Morgan fingerprint density at radius 1 is 1.15 bits per heavy atom. The van der Waals surface area contributed by atoms with Crippen molar-refractivity contribution in [2.45, 2.75) is 57.5 Å². The van der Waals surface area contributed by atoms with Crippen LogP contribution in [-0.2, 0) is 12.8 Å². The Balaban J connectivity index is 1.45. The summed E-state index contributed by atoms with van der Waals surface area (Å²) in [5.74, 6) is 1.76. The highest BCUT2D eigenvalue weighted by Crippen LogP contribution is 2.43. The quantitative estimate of drug-likeness (QED) is 0.810. The lowest BCUT2D eigenvalue weighted by Gasteiger charge is -2.42. The summed E-state index contributed by atoms with van der Waals surface area (Å²) in [7, 11) is 0. The Morgan fingerprint density at radius 3 is 2.85 bits per heavy atom. The average molecular weight is 267 g/mol. The van der Waals surface area contributed by atoms with E-state index < -0.39 is 0 Å². The molecule has 0 heterocycles. The second-order valence-corrected chi connectivity index (χ2v) is 6.97. The van der Waals surface area contributed by atoms with Gasteiger partial charge in [-0.1, -0.05) is 30.4 Å². The third kappa shape index (κ3) is 2.13. The Kier molecular flexibility index (Phi) is 3.18. The molecule has 0 amide bonds. The highest BCUT2D eigenvalue weighted by molar-refractivity contribution is 5.35. The summed E-state index contributed by atoms with van der Waals surface area (Å²) in [5, 5.41) is 3.86. The summed E-state index contributed by atoms with van der Waals surface area (Å²) < 4.78 is 0. The number of rotatable bonds is 3. The zero-order valence-electron chi connectivity index (χ0n) is 12.4. The van der Waals surface area contributed by atoms with Crippen LogP contribution in [0.2, 0.25) is 0 Å². The number of nitrogens with one attached hydrogen (secondary N) is 1. The predicted molar refractivity (Wildman–Crippen MR) is 83.8 cm³/mol. The zero-order chi connectivity index (χ0) is 13.5. The van der Waals surface area contributed by atoms with Crippen molar-refractivity contribution in [3.63, 3.8) is 0 Å². The summed E-state index contributed by atoms with van der Waals surface area (Å²) in [6.45, 7) is 2.33. The van der Waals surface area contributed by atoms with Crippen LogP contribution in [0.3, 0.4) is 0 Å². The van der Waals surface area contributed by atoms with Crippen LogP contribution in [-0.4, -0.2) is 6.04 Å². The van der Waals surface area contributed by atoms with Crippen LogP contribution in [0.1, 0.15) is 55.3 Å². The number of hydrogen-bond donors (Lipinski definition) is 1. The van der Waals surface area contributed by atoms with Gasteiger partial charge in [0, 0.05) is 12.1 Å². The molecular formula is C19H25N. The molecule has 0 saturated heterocycles. The van der Waals surface area contributed by atoms with Gasteiger partial charge in [-0.05, 0) is 74.0 Å². The van der Waals surface area contributed by atoms with E-state index in [1.807, 2.05) is 0 Å². The fraction of sp³-hybridized carbons (Fsp3) is 0.579. The van der Waals surface area contributed by atoms with E-state index in [0.717, 1.165) is 11.8 Å². The molecule has 106 valence electrons. The van der Waals surface area contributed by atoms with E-state index in [9.17, 15) is 0 Å². The molecule has 4 rings (SSSR count). The Morgan fingerprint density at radius 2 is 2.00 bits per heavy atom. The molecule has 20 heavy (non-hydrogen) atoms. The maximum absolute atomic E-state index is 3.86. The predicted octanol–water partition coefficient (Wildman–Crippen LogP) is 4.18. The van der Waals surface area contributed by atoms with Crippen LogP contribution in [0.5, 0.6) is 0 Å². The first-order chi connectivity index (χ1) is 9.81. The fourth-order valence-corrected chi connectivity index (χ4v) is 4.35. The van der Waals surface area contributed by atoms with Gasteiger partial charge >= 0.3 is 0 Å². The van der Waals surface area contributed by atoms with E-state index in [1.54, 1.807) is 11.1 Å². The SMILES string of the molecule is CC(NC1CC2CC=CC21)c1ccc2c(c1)CCCC2. The minimum atomic E-state index is 0.488. The summed E-state index contributed by atoms with van der Waals surface area (Å²) in [6.07, 6.45) is 12.8. The van der Waals surface area contributed by atoms with Gasteiger partial charge in [-0.2, -0.15) is 0 Å². The minimum Gasteiger partial charge on any atom is -0.307 e. The van der Waals surface area contributed by atoms with Gasteiger partial charge in [-0.15, -0.1) is 0 Å². The Hall–Kier alpha value is -1.08. The molecule has 1 N–H and O–H groups in total. The second kappa shape index (κ2) is 5.04. The van der Waals surface area contributed by atoms with Crippen LogP contribution < -0.4 is 5.32 Å². The first-order valence-corrected chi connectivity index (χ1v) is 8.35. The molecule has 4 atom stereocenters. The van der Waals surface area contributed by atoms with Gasteiger partial charge in [0.15, 0.2) is 0 Å². The summed E-state index contributed by atoms with van der Waals surface area (Å²) >= 11 is 0. The van der Waals surface area contributed by atoms with Gasteiger partial charge in [0.2, 0.25) is 0 Å². The van der Waals surface area contributed by atoms with Crippen molar-refractivity contribution in [1.82, 2.24) is 5.32 Å². The van der Waals surface area contributed by atoms with Gasteiger partial charge in [-0.3, -0.25) is 0 Å². The number of benzene rings is 1. The van der Waals surface area contributed by atoms with Crippen molar-refractivity contribution >= 4 is 0 Å². The number of aryl methyl sites for hydroxylation is 2. The molecule has 1 saturated carbocycles. The summed E-state index contributed by atoms with van der Waals surface area (Å²) in [5.41, 5.74) is 4.68. The van der Waals surface area contributed by atoms with E-state index in [4.69, 9.17) is 0 Å². The molecule has 3 aliphatic rings. The molecular weight excluding hydrogens is 242 g/mol. The van der Waals surface area contributed by atoms with Crippen LogP contribution in [0, 0.1) is 11.8 Å². The van der Waals surface area contributed by atoms with Gasteiger partial charge in [-0.25, -0.2) is 0 Å². The molecule has 0 spiro atoms. The zero-order valence-corrected chi connectivity index (χ0v) is 12.4. The largest absolute Gasteiger partial charge is 0.307 e. The standard InChI is InChI=1S/C19H25N/c1-13(20-19-12-17-7-4-8-18(17)19)15-10-9-14-5-2-3-6-16(14)11-15/h4,8-11,13,17-20H,2-3,5-7,12H2,1H3. The maximum Gasteiger partial charge on any atom is 0.0294 e. The van der Waals surface area contributed by atoms with Gasteiger partial charge in [0.1, 0.15) is 0 Å². The molecule has 4 unspecified atom stereocenters. The molecule has 1 aromatic carbocycles. The average Bonchev–Trinajstić information content (AvgIpc) is 2.85. The third-order valence-electron chi connectivity index (χ3n) is 5.70. The molecule has 1 fully saturated rings. The topological polar surface area (TPSA) is 12.0 Å². The molecule has 0 bridgehead atoms. The van der Waals surface area contributed by atoms with Crippen molar-refractivity contribution in [2.75, 3.05) is 0 Å². The van der Waals surface area contributed by atoms with Gasteiger partial charge < -0.3 is 5.32 Å². The summed E-state index contributed by atoms with van der Waals surface area (Å²) in [6, 6.07) is 8.39. The van der Waals surface area contributed by atoms with Gasteiger partial charge in [0.25, 0.3) is 0 Å². The van der Waals surface area contributed by atoms with E-state index in [2.05, 4.69) is 42.6 Å². The maximum atomic E-state index is 3.86. The first-order valence-electron chi connectivity index (χ1n) is 8.35. The fourth-order valence-electron chi connectivity index (χ4n) is 4.35. The van der Waals surface area contributed by atoms with E-state index >= 15 is 0 Å². The molecule has 0 radical (unpaired) electrons. The van der Waals surface area contributed by atoms with Crippen molar-refractivity contribution in [2.24, 2.45) is 11.8 Å². The number of hydrogen-bond acceptors (Lipinski definition) is 1. The molecule has 3 aliphatic carbocycles. The molecule has 1 aromatic rings. The van der Waals surface area contributed by atoms with Crippen LogP contribution in [0.15, 0.2) is 30.4 Å². The van der Waals surface area contributed by atoms with E-state index in [-0.39, 0.29) is 0 Å². The summed E-state index contributed by atoms with van der Waals surface area (Å²) in [4.78, 5) is 0. The van der Waals surface area contributed by atoms with E-state index in [1.165, 1.54) is 44.1 Å². The highest BCUT2D eigenvalue weighted by Gasteiger charge is 2.41. The van der Waals surface area contributed by atoms with Crippen molar-refractivity contribution in [3.05, 3.63) is 47.0 Å². The number of allylic oxidation sites excluding steroid dienone is 1. The molecule has 0 aromatic heterocycles. The Bertz CT molecular complexity index is 531. The lowest BCUT2D eigenvalue weighted by atomic mass is 9.71. The van der Waals surface area contributed by atoms with Crippen LogP contribution >= 0.6 is 0 Å². The third-order valence-corrected chi connectivity index (χ3v) is 5.70. The van der Waals surface area contributed by atoms with Crippen molar-refractivity contribution in [1.29, 1.82) is 0 Å². The lowest BCUT2D eigenvalue weighted by molar-refractivity contribution is 0.152. The minimum absolute atomic E-state index is 0.488. The van der Waals surface area contributed by atoms with E-state index in [0.29, 0.717) is 12.1 Å². The first kappa shape index (κ1) is 12.6. The van der Waals surface area contributed by atoms with Gasteiger partial charge in [0.05, 0.1) is 0 Å². The van der Waals surface area contributed by atoms with Crippen LogP contribution in [0.4, 0.5) is 0 Å². The molecule has 1 heteroatoms. The molecule has 0 aliphatic heterocycles. The number of fused-ring (bicyclic) bond motifs is 2. The molecule has 1 nitrogen and oxygen atoms in total. The normalized spacial score (nSPS) is 32.4. The smallest absolute Gasteiger partial charge is 0.0294 e. The van der Waals surface area contributed by atoms with Crippen molar-refractivity contribution in [3.8, 4) is 0 Å². The lowest BCUT2D eigenvalue weighted by Crippen LogP contribution is -2.48.